The molecule has 2 N–H and O–H groups in total. The van der Waals surface area contributed by atoms with E-state index in [-0.39, 0.29) is 12.1 Å². The van der Waals surface area contributed by atoms with E-state index in [1.165, 1.54) is 0 Å². The Kier molecular flexibility index (Phi) is 6.45. The number of benzene rings is 3. The van der Waals surface area contributed by atoms with Crippen LogP contribution in [-0.2, 0) is 9.53 Å². The van der Waals surface area contributed by atoms with Crippen molar-refractivity contribution in [2.24, 2.45) is 0 Å². The summed E-state index contributed by atoms with van der Waals surface area (Å²) in [6.45, 7) is 5.57. The second kappa shape index (κ2) is 9.61. The van der Waals surface area contributed by atoms with Crippen LogP contribution in [0.15, 0.2) is 84.4 Å². The summed E-state index contributed by atoms with van der Waals surface area (Å²) in [5.74, 6) is 0.946. The van der Waals surface area contributed by atoms with Crippen LogP contribution in [0.4, 0.5) is 4.79 Å². The van der Waals surface area contributed by atoms with Gasteiger partial charge in [-0.3, -0.25) is 0 Å². The number of carbonyl (C=O) groups is 2. The zero-order valence-corrected chi connectivity index (χ0v) is 18.8. The summed E-state index contributed by atoms with van der Waals surface area (Å²) >= 11 is 0. The second-order valence-electron chi connectivity index (χ2n) is 8.08. The molecule has 0 saturated heterocycles. The zero-order valence-electron chi connectivity index (χ0n) is 18.8. The first kappa shape index (κ1) is 22.1. The fraction of sp³-hybridized carbons (Fsp3) is 0.185. The van der Waals surface area contributed by atoms with E-state index in [0.717, 1.165) is 22.4 Å². The van der Waals surface area contributed by atoms with Crippen molar-refractivity contribution in [2.45, 2.75) is 32.9 Å². The second-order valence-corrected chi connectivity index (χ2v) is 8.08. The fourth-order valence-corrected chi connectivity index (χ4v) is 3.67. The van der Waals surface area contributed by atoms with Crippen molar-refractivity contribution >= 4 is 17.7 Å². The molecular weight excluding hydrogens is 416 g/mol. The molecule has 3 aromatic carbocycles. The maximum atomic E-state index is 13.1. The largest absolute Gasteiger partial charge is 0.459 e. The van der Waals surface area contributed by atoms with Crippen LogP contribution in [0.5, 0.6) is 11.5 Å². The highest BCUT2D eigenvalue weighted by Crippen LogP contribution is 2.33. The van der Waals surface area contributed by atoms with Crippen molar-refractivity contribution < 1.29 is 19.1 Å². The Labute approximate surface area is 193 Å². The topological polar surface area (TPSA) is 76.7 Å². The summed E-state index contributed by atoms with van der Waals surface area (Å²) in [7, 11) is 0. The van der Waals surface area contributed by atoms with E-state index in [1.807, 2.05) is 85.8 Å². The van der Waals surface area contributed by atoms with Crippen LogP contribution in [0.1, 0.15) is 36.6 Å². The third kappa shape index (κ3) is 5.06. The molecule has 0 aromatic heterocycles. The Morgan fingerprint density at radius 3 is 2.24 bits per heavy atom. The molecule has 1 aliphatic heterocycles. The molecule has 6 heteroatoms. The molecule has 1 heterocycles. The van der Waals surface area contributed by atoms with Gasteiger partial charge in [-0.15, -0.1) is 0 Å². The lowest BCUT2D eigenvalue weighted by Gasteiger charge is -2.30. The van der Waals surface area contributed by atoms with Crippen LogP contribution < -0.4 is 15.4 Å². The van der Waals surface area contributed by atoms with Gasteiger partial charge in [0.15, 0.2) is 0 Å². The SMILES string of the molecule is Cc1ccccc1Oc1ccc(C2NC(=O)NC(c3ccccc3)=C2C(=O)OC(C)C)cc1. The number of amides is 2. The lowest BCUT2D eigenvalue weighted by molar-refractivity contribution is -0.143. The zero-order chi connectivity index (χ0) is 23.4. The number of hydrogen-bond acceptors (Lipinski definition) is 4. The van der Waals surface area contributed by atoms with Crippen molar-refractivity contribution in [1.29, 1.82) is 0 Å². The van der Waals surface area contributed by atoms with E-state index in [4.69, 9.17) is 9.47 Å². The summed E-state index contributed by atoms with van der Waals surface area (Å²) in [5, 5.41) is 5.66. The van der Waals surface area contributed by atoms with Gasteiger partial charge < -0.3 is 20.1 Å². The van der Waals surface area contributed by atoms with Crippen LogP contribution >= 0.6 is 0 Å². The van der Waals surface area contributed by atoms with Crippen LogP contribution in [0.25, 0.3) is 5.70 Å². The van der Waals surface area contributed by atoms with Gasteiger partial charge in [-0.05, 0) is 55.7 Å². The molecular formula is C27H26N2O4. The highest BCUT2D eigenvalue weighted by Gasteiger charge is 2.34. The molecule has 1 atom stereocenters. The lowest BCUT2D eigenvalue weighted by Crippen LogP contribution is -2.45. The predicted octanol–water partition coefficient (Wildman–Crippen LogP) is 5.50. The third-order valence-corrected chi connectivity index (χ3v) is 5.23. The summed E-state index contributed by atoms with van der Waals surface area (Å²) in [6, 6.07) is 23.3. The van der Waals surface area contributed by atoms with Crippen molar-refractivity contribution in [3.8, 4) is 11.5 Å². The van der Waals surface area contributed by atoms with Gasteiger partial charge in [0.2, 0.25) is 0 Å². The summed E-state index contributed by atoms with van der Waals surface area (Å²) < 4.78 is 11.5. The summed E-state index contributed by atoms with van der Waals surface area (Å²) in [5.41, 5.74) is 3.29. The Morgan fingerprint density at radius 2 is 1.58 bits per heavy atom. The van der Waals surface area contributed by atoms with Crippen molar-refractivity contribution in [3.63, 3.8) is 0 Å². The van der Waals surface area contributed by atoms with Gasteiger partial charge in [0.25, 0.3) is 0 Å². The molecule has 3 aromatic rings. The number of rotatable bonds is 6. The average Bonchev–Trinajstić information content (AvgIpc) is 2.80. The smallest absolute Gasteiger partial charge is 0.338 e. The summed E-state index contributed by atoms with van der Waals surface area (Å²) in [4.78, 5) is 25.7. The number of urea groups is 1. The standard InChI is InChI=1S/C27H26N2O4/c1-17(2)32-26(30)23-24(19-10-5-4-6-11-19)28-27(31)29-25(23)20-13-15-21(16-14-20)33-22-12-8-7-9-18(22)3/h4-17,25H,1-3H3,(H2,28,29,31). The van der Waals surface area contributed by atoms with E-state index >= 15 is 0 Å². The molecule has 0 bridgehead atoms. The van der Waals surface area contributed by atoms with E-state index in [1.54, 1.807) is 13.8 Å². The van der Waals surface area contributed by atoms with Gasteiger partial charge in [0.1, 0.15) is 11.5 Å². The molecule has 4 rings (SSSR count). The highest BCUT2D eigenvalue weighted by molar-refractivity contribution is 6.04. The Balaban J connectivity index is 1.71. The van der Waals surface area contributed by atoms with Gasteiger partial charge in [-0.2, -0.15) is 0 Å². The minimum atomic E-state index is -0.673. The molecule has 0 radical (unpaired) electrons. The Hall–Kier alpha value is -4.06. The molecule has 1 unspecified atom stereocenters. The first-order valence-corrected chi connectivity index (χ1v) is 10.8. The molecule has 33 heavy (non-hydrogen) atoms. The van der Waals surface area contributed by atoms with Crippen molar-refractivity contribution in [1.82, 2.24) is 10.6 Å². The number of hydrogen-bond donors (Lipinski definition) is 2. The molecule has 1 aliphatic rings. The van der Waals surface area contributed by atoms with Gasteiger partial charge >= 0.3 is 12.0 Å². The lowest BCUT2D eigenvalue weighted by atomic mass is 9.92. The van der Waals surface area contributed by atoms with Gasteiger partial charge in [0.05, 0.1) is 23.4 Å². The number of esters is 1. The number of nitrogens with one attached hydrogen (secondary N) is 2. The molecule has 0 saturated carbocycles. The fourth-order valence-electron chi connectivity index (χ4n) is 3.67. The summed E-state index contributed by atoms with van der Waals surface area (Å²) in [6.07, 6.45) is -0.301. The van der Waals surface area contributed by atoms with Gasteiger partial charge in [-0.1, -0.05) is 60.7 Å². The number of carbonyl (C=O) groups excluding carboxylic acids is 2. The first-order chi connectivity index (χ1) is 15.9. The number of ether oxygens (including phenoxy) is 2. The minimum Gasteiger partial charge on any atom is -0.459 e. The monoisotopic (exact) mass is 442 g/mol. The number of aryl methyl sites for hydroxylation is 1. The van der Waals surface area contributed by atoms with Crippen LogP contribution in [0.2, 0.25) is 0 Å². The molecule has 168 valence electrons. The van der Waals surface area contributed by atoms with E-state index in [9.17, 15) is 9.59 Å². The van der Waals surface area contributed by atoms with Crippen LogP contribution in [0, 0.1) is 6.92 Å². The number of para-hydroxylation sites is 1. The molecule has 0 aliphatic carbocycles. The van der Waals surface area contributed by atoms with Crippen LogP contribution in [0.3, 0.4) is 0 Å². The van der Waals surface area contributed by atoms with Crippen molar-refractivity contribution in [2.75, 3.05) is 0 Å². The van der Waals surface area contributed by atoms with E-state index < -0.39 is 12.0 Å². The highest BCUT2D eigenvalue weighted by atomic mass is 16.5. The molecule has 0 fully saturated rings. The van der Waals surface area contributed by atoms with Crippen LogP contribution in [-0.4, -0.2) is 18.1 Å². The van der Waals surface area contributed by atoms with Gasteiger partial charge in [-0.25, -0.2) is 9.59 Å². The Bertz CT molecular complexity index is 1180. The molecule has 6 nitrogen and oxygen atoms in total. The first-order valence-electron chi connectivity index (χ1n) is 10.8. The third-order valence-electron chi connectivity index (χ3n) is 5.23. The average molecular weight is 443 g/mol. The maximum absolute atomic E-state index is 13.1. The quantitative estimate of drug-likeness (QED) is 0.494. The molecule has 0 spiro atoms. The normalized spacial score (nSPS) is 15.6. The minimum absolute atomic E-state index is 0.301. The van der Waals surface area contributed by atoms with E-state index in [0.29, 0.717) is 17.0 Å². The predicted molar refractivity (Wildman–Crippen MR) is 127 cm³/mol. The Morgan fingerprint density at radius 1 is 0.909 bits per heavy atom. The molecule has 2 amide bonds. The van der Waals surface area contributed by atoms with E-state index in [2.05, 4.69) is 10.6 Å². The van der Waals surface area contributed by atoms with Gasteiger partial charge in [0, 0.05) is 0 Å². The van der Waals surface area contributed by atoms with Crippen molar-refractivity contribution in [3.05, 3.63) is 101 Å². The maximum Gasteiger partial charge on any atom is 0.338 e.